The van der Waals surface area contributed by atoms with Crippen molar-refractivity contribution in [2.75, 3.05) is 0 Å². The Bertz CT molecular complexity index is 1120. The van der Waals surface area contributed by atoms with Crippen LogP contribution < -0.4 is 5.14 Å². The summed E-state index contributed by atoms with van der Waals surface area (Å²) in [5, 5.41) is 8.88. The van der Waals surface area contributed by atoms with Crippen LogP contribution in [0.15, 0.2) is 53.4 Å². The van der Waals surface area contributed by atoms with Crippen LogP contribution >= 0.6 is 0 Å². The van der Waals surface area contributed by atoms with Gasteiger partial charge >= 0.3 is 6.18 Å². The van der Waals surface area contributed by atoms with Gasteiger partial charge < -0.3 is 0 Å². The summed E-state index contributed by atoms with van der Waals surface area (Å²) in [4.78, 5) is -0.312. The number of sulfonamides is 1. The highest BCUT2D eigenvalue weighted by atomic mass is 32.2. The molecule has 0 amide bonds. The molecule has 3 aromatic rings. The summed E-state index contributed by atoms with van der Waals surface area (Å²) in [7, 11) is -4.17. The summed E-state index contributed by atoms with van der Waals surface area (Å²) in [6.45, 7) is 3.57. The second-order valence-corrected chi connectivity index (χ2v) is 7.69. The van der Waals surface area contributed by atoms with Crippen molar-refractivity contribution in [3.05, 3.63) is 65.4 Å². The minimum atomic E-state index is -4.69. The lowest BCUT2D eigenvalue weighted by Crippen LogP contribution is -2.16. The van der Waals surface area contributed by atoms with Crippen molar-refractivity contribution in [3.8, 4) is 16.9 Å². The van der Waals surface area contributed by atoms with E-state index in [0.29, 0.717) is 5.56 Å². The fraction of sp³-hybridized carbons (Fsp3) is 0.167. The third-order valence-electron chi connectivity index (χ3n) is 4.07. The van der Waals surface area contributed by atoms with E-state index in [1.807, 2.05) is 13.0 Å². The van der Waals surface area contributed by atoms with Gasteiger partial charge in [-0.05, 0) is 43.7 Å². The van der Waals surface area contributed by atoms with Crippen LogP contribution in [0.4, 0.5) is 13.2 Å². The molecule has 2 aromatic carbocycles. The Morgan fingerprint density at radius 1 is 1.04 bits per heavy atom. The van der Waals surface area contributed by atoms with Crippen molar-refractivity contribution in [2.45, 2.75) is 24.9 Å². The van der Waals surface area contributed by atoms with Gasteiger partial charge in [0.1, 0.15) is 4.90 Å². The molecule has 0 atom stereocenters. The van der Waals surface area contributed by atoms with Crippen LogP contribution in [0.2, 0.25) is 0 Å². The highest BCUT2D eigenvalue weighted by Gasteiger charge is 2.36. The highest BCUT2D eigenvalue weighted by Crippen LogP contribution is 2.35. The van der Waals surface area contributed by atoms with Gasteiger partial charge in [0.25, 0.3) is 0 Å². The second kappa shape index (κ2) is 6.50. The van der Waals surface area contributed by atoms with Crippen LogP contribution in [0.3, 0.4) is 0 Å². The predicted octanol–water partition coefficient (Wildman–Crippen LogP) is 3.82. The van der Waals surface area contributed by atoms with Crippen molar-refractivity contribution >= 4 is 10.0 Å². The first-order valence-electron chi connectivity index (χ1n) is 7.85. The first-order valence-corrected chi connectivity index (χ1v) is 9.40. The molecule has 27 heavy (non-hydrogen) atoms. The van der Waals surface area contributed by atoms with Gasteiger partial charge in [0, 0.05) is 5.56 Å². The van der Waals surface area contributed by atoms with Gasteiger partial charge in [-0.3, -0.25) is 0 Å². The molecule has 0 fully saturated rings. The van der Waals surface area contributed by atoms with E-state index in [4.69, 9.17) is 5.14 Å². The average molecular weight is 395 g/mol. The van der Waals surface area contributed by atoms with E-state index in [2.05, 4.69) is 5.10 Å². The minimum absolute atomic E-state index is 0.0496. The normalized spacial score (nSPS) is 12.4. The average Bonchev–Trinajstić information content (AvgIpc) is 3.01. The zero-order chi connectivity index (χ0) is 20.0. The van der Waals surface area contributed by atoms with Crippen molar-refractivity contribution in [3.63, 3.8) is 0 Å². The summed E-state index contributed by atoms with van der Waals surface area (Å²) in [5.74, 6) is 0. The number of aryl methyl sites for hydroxylation is 2. The zero-order valence-electron chi connectivity index (χ0n) is 14.4. The largest absolute Gasteiger partial charge is 0.435 e. The van der Waals surface area contributed by atoms with E-state index >= 15 is 0 Å². The van der Waals surface area contributed by atoms with Gasteiger partial charge in [0.15, 0.2) is 5.69 Å². The van der Waals surface area contributed by atoms with Crippen LogP contribution in [-0.2, 0) is 16.2 Å². The maximum atomic E-state index is 13.3. The van der Waals surface area contributed by atoms with Crippen LogP contribution in [0.25, 0.3) is 16.9 Å². The van der Waals surface area contributed by atoms with E-state index in [1.54, 1.807) is 19.1 Å². The Morgan fingerprint density at radius 3 is 2.33 bits per heavy atom. The number of nitrogens with two attached hydrogens (primary N) is 1. The zero-order valence-corrected chi connectivity index (χ0v) is 15.3. The van der Waals surface area contributed by atoms with Gasteiger partial charge in [-0.25, -0.2) is 18.2 Å². The van der Waals surface area contributed by atoms with Gasteiger partial charge in [-0.2, -0.15) is 18.3 Å². The van der Waals surface area contributed by atoms with E-state index < -0.39 is 21.9 Å². The Hall–Kier alpha value is -2.65. The summed E-state index contributed by atoms with van der Waals surface area (Å²) < 4.78 is 64.7. The standard InChI is InChI=1S/C18H16F3N3O2S/c1-11-7-8-12(2)13(9-11)15-10-17(18(19,20)21)23-24(15)14-5-3-4-6-16(14)27(22,25)26/h3-10H,1-2H3,(H2,22,25,26). The summed E-state index contributed by atoms with van der Waals surface area (Å²) in [5.41, 5.74) is 1.04. The molecule has 1 heterocycles. The number of alkyl halides is 3. The third-order valence-corrected chi connectivity index (χ3v) is 5.03. The molecule has 0 aliphatic carbocycles. The number of primary sulfonamides is 1. The molecule has 0 bridgehead atoms. The molecule has 5 nitrogen and oxygen atoms in total. The van der Waals surface area contributed by atoms with Crippen molar-refractivity contribution in [1.82, 2.24) is 9.78 Å². The smallest absolute Gasteiger partial charge is 0.231 e. The Kier molecular flexibility index (Phi) is 4.61. The van der Waals surface area contributed by atoms with Crippen molar-refractivity contribution < 1.29 is 21.6 Å². The van der Waals surface area contributed by atoms with E-state index in [1.165, 1.54) is 24.3 Å². The van der Waals surface area contributed by atoms with Gasteiger partial charge in [0.2, 0.25) is 10.0 Å². The van der Waals surface area contributed by atoms with Crippen LogP contribution in [0.1, 0.15) is 16.8 Å². The molecule has 142 valence electrons. The maximum Gasteiger partial charge on any atom is 0.435 e. The number of hydrogen-bond donors (Lipinski definition) is 1. The van der Waals surface area contributed by atoms with Crippen molar-refractivity contribution in [1.29, 1.82) is 0 Å². The number of rotatable bonds is 3. The summed E-state index contributed by atoms with van der Waals surface area (Å²) in [6.07, 6.45) is -4.69. The third kappa shape index (κ3) is 3.74. The number of halogens is 3. The van der Waals surface area contributed by atoms with E-state index in [9.17, 15) is 21.6 Å². The Morgan fingerprint density at radius 2 is 1.70 bits per heavy atom. The number of para-hydroxylation sites is 1. The molecule has 0 spiro atoms. The van der Waals surface area contributed by atoms with Crippen LogP contribution in [-0.4, -0.2) is 18.2 Å². The molecule has 1 aromatic heterocycles. The number of hydrogen-bond acceptors (Lipinski definition) is 3. The van der Waals surface area contributed by atoms with Crippen LogP contribution in [0.5, 0.6) is 0 Å². The molecule has 9 heteroatoms. The topological polar surface area (TPSA) is 78.0 Å². The predicted molar refractivity (Wildman–Crippen MR) is 94.8 cm³/mol. The minimum Gasteiger partial charge on any atom is -0.231 e. The van der Waals surface area contributed by atoms with E-state index in [0.717, 1.165) is 21.9 Å². The van der Waals surface area contributed by atoms with Gasteiger partial charge in [0.05, 0.1) is 11.4 Å². The quantitative estimate of drug-likeness (QED) is 0.732. The lowest BCUT2D eigenvalue weighted by molar-refractivity contribution is -0.141. The monoisotopic (exact) mass is 395 g/mol. The van der Waals surface area contributed by atoms with E-state index in [-0.39, 0.29) is 16.3 Å². The van der Waals surface area contributed by atoms with Gasteiger partial charge in [-0.15, -0.1) is 0 Å². The Balaban J connectivity index is 2.38. The number of nitrogens with zero attached hydrogens (tertiary/aromatic N) is 2. The lowest BCUT2D eigenvalue weighted by atomic mass is 10.0. The molecule has 0 unspecified atom stereocenters. The number of aromatic nitrogens is 2. The Labute approximate surface area is 154 Å². The fourth-order valence-corrected chi connectivity index (χ4v) is 3.49. The van der Waals surface area contributed by atoms with Gasteiger partial charge in [-0.1, -0.05) is 29.8 Å². The maximum absolute atomic E-state index is 13.3. The first kappa shape index (κ1) is 19.1. The molecular formula is C18H16F3N3O2S. The molecule has 0 aliphatic rings. The second-order valence-electron chi connectivity index (χ2n) is 6.16. The van der Waals surface area contributed by atoms with Crippen LogP contribution in [0, 0.1) is 13.8 Å². The molecule has 2 N–H and O–H groups in total. The summed E-state index contributed by atoms with van der Waals surface area (Å²) in [6, 6.07) is 11.8. The molecule has 0 saturated heterocycles. The lowest BCUT2D eigenvalue weighted by Gasteiger charge is -2.13. The van der Waals surface area contributed by atoms with Crippen molar-refractivity contribution in [2.24, 2.45) is 5.14 Å². The molecule has 0 radical (unpaired) electrons. The first-order chi connectivity index (χ1) is 12.5. The fourth-order valence-electron chi connectivity index (χ4n) is 2.78. The summed E-state index contributed by atoms with van der Waals surface area (Å²) >= 11 is 0. The highest BCUT2D eigenvalue weighted by molar-refractivity contribution is 7.89. The molecule has 0 saturated carbocycles. The number of benzene rings is 2. The molecular weight excluding hydrogens is 379 g/mol. The molecule has 3 rings (SSSR count). The molecule has 0 aliphatic heterocycles. The SMILES string of the molecule is Cc1ccc(C)c(-c2cc(C(F)(F)F)nn2-c2ccccc2S(N)(=O)=O)c1.